The van der Waals surface area contributed by atoms with Gasteiger partial charge in [0.1, 0.15) is 0 Å². The van der Waals surface area contributed by atoms with Crippen LogP contribution in [-0.4, -0.2) is 33.9 Å². The molecule has 1 rings (SSSR count). The molecular weight excluding hydrogens is 250 g/mol. The number of unbranched alkanes of at least 4 members (excludes halogenated alkanes) is 1. The molecule has 0 aromatic rings. The monoisotopic (exact) mass is 277 g/mol. The summed E-state index contributed by atoms with van der Waals surface area (Å²) in [5.41, 5.74) is 0. The summed E-state index contributed by atoms with van der Waals surface area (Å²) in [6, 6.07) is 0.133. The summed E-state index contributed by atoms with van der Waals surface area (Å²) in [6.45, 7) is 5.02. The maximum atomic E-state index is 11.9. The summed E-state index contributed by atoms with van der Waals surface area (Å²) >= 11 is 0. The Morgan fingerprint density at radius 3 is 2.56 bits per heavy atom. The van der Waals surface area contributed by atoms with E-state index >= 15 is 0 Å². The highest BCUT2D eigenvalue weighted by molar-refractivity contribution is 7.89. The van der Waals surface area contributed by atoms with Gasteiger partial charge in [0.2, 0.25) is 10.0 Å². The first-order valence-corrected chi connectivity index (χ1v) is 8.59. The summed E-state index contributed by atoms with van der Waals surface area (Å²) in [4.78, 5) is 0. The molecule has 1 N–H and O–H groups in total. The first-order valence-electron chi connectivity index (χ1n) is 6.93. The molecule has 1 fully saturated rings. The lowest BCUT2D eigenvalue weighted by atomic mass is 9.80. The molecule has 4 nitrogen and oxygen atoms in total. The van der Waals surface area contributed by atoms with Crippen LogP contribution in [0, 0.1) is 11.8 Å². The fourth-order valence-electron chi connectivity index (χ4n) is 2.67. The zero-order valence-electron chi connectivity index (χ0n) is 11.8. The van der Waals surface area contributed by atoms with Gasteiger partial charge in [0.05, 0.1) is 5.75 Å². The van der Waals surface area contributed by atoms with Gasteiger partial charge in [-0.3, -0.25) is 0 Å². The Labute approximate surface area is 112 Å². The van der Waals surface area contributed by atoms with Crippen molar-refractivity contribution in [2.45, 2.75) is 52.0 Å². The van der Waals surface area contributed by atoms with Gasteiger partial charge in [-0.15, -0.1) is 0 Å². The van der Waals surface area contributed by atoms with Crippen LogP contribution in [0.15, 0.2) is 0 Å². The minimum atomic E-state index is -3.12. The van der Waals surface area contributed by atoms with Crippen LogP contribution in [0.2, 0.25) is 0 Å². The van der Waals surface area contributed by atoms with Crippen molar-refractivity contribution in [1.82, 2.24) is 4.72 Å². The number of rotatable bonds is 7. The van der Waals surface area contributed by atoms with Gasteiger partial charge in [-0.05, 0) is 43.9 Å². The van der Waals surface area contributed by atoms with Crippen LogP contribution in [0.5, 0.6) is 0 Å². The highest BCUT2D eigenvalue weighted by Crippen LogP contribution is 2.28. The van der Waals surface area contributed by atoms with E-state index in [1.165, 1.54) is 0 Å². The van der Waals surface area contributed by atoms with E-state index in [9.17, 15) is 8.42 Å². The molecule has 0 bridgehead atoms. The molecule has 0 unspecified atom stereocenters. The lowest BCUT2D eigenvalue weighted by Crippen LogP contribution is -2.43. The second kappa shape index (κ2) is 7.46. The predicted octanol–water partition coefficient (Wildman–Crippen LogP) is 2.16. The lowest BCUT2D eigenvalue weighted by Gasteiger charge is -2.32. The Bertz CT molecular complexity index is 329. The van der Waals surface area contributed by atoms with E-state index in [1.807, 2.05) is 0 Å². The maximum Gasteiger partial charge on any atom is 0.211 e. The van der Waals surface area contributed by atoms with Crippen LogP contribution in [-0.2, 0) is 14.8 Å². The first kappa shape index (κ1) is 15.9. The molecule has 0 heterocycles. The largest absolute Gasteiger partial charge is 0.385 e. The van der Waals surface area contributed by atoms with Gasteiger partial charge >= 0.3 is 0 Å². The Hall–Kier alpha value is -0.130. The van der Waals surface area contributed by atoms with Crippen molar-refractivity contribution in [2.24, 2.45) is 11.8 Å². The number of hydrogen-bond acceptors (Lipinski definition) is 3. The maximum absolute atomic E-state index is 11.9. The van der Waals surface area contributed by atoms with Crippen LogP contribution in [0.1, 0.15) is 46.0 Å². The van der Waals surface area contributed by atoms with Gasteiger partial charge in [-0.2, -0.15) is 0 Å². The van der Waals surface area contributed by atoms with Gasteiger partial charge in [0.25, 0.3) is 0 Å². The van der Waals surface area contributed by atoms with Crippen LogP contribution in [0.25, 0.3) is 0 Å². The fraction of sp³-hybridized carbons (Fsp3) is 1.00. The average molecular weight is 277 g/mol. The van der Waals surface area contributed by atoms with Crippen molar-refractivity contribution < 1.29 is 13.2 Å². The Kier molecular flexibility index (Phi) is 6.60. The Balaban J connectivity index is 2.35. The molecule has 1 aliphatic rings. The molecule has 1 aliphatic carbocycles. The van der Waals surface area contributed by atoms with Crippen LogP contribution < -0.4 is 4.72 Å². The molecule has 0 aliphatic heterocycles. The number of ether oxygens (including phenoxy) is 1. The van der Waals surface area contributed by atoms with Crippen molar-refractivity contribution in [2.75, 3.05) is 19.5 Å². The summed E-state index contributed by atoms with van der Waals surface area (Å²) < 4.78 is 31.7. The zero-order chi connectivity index (χ0) is 13.6. The predicted molar refractivity (Wildman–Crippen MR) is 74.0 cm³/mol. The first-order chi connectivity index (χ1) is 8.44. The fourth-order valence-corrected chi connectivity index (χ4v) is 4.18. The number of methoxy groups -OCH3 is 1. The topological polar surface area (TPSA) is 55.4 Å². The van der Waals surface area contributed by atoms with E-state index in [-0.39, 0.29) is 11.8 Å². The van der Waals surface area contributed by atoms with Crippen LogP contribution in [0.4, 0.5) is 0 Å². The van der Waals surface area contributed by atoms with Crippen molar-refractivity contribution in [3.8, 4) is 0 Å². The molecule has 5 heteroatoms. The molecule has 3 atom stereocenters. The molecule has 1 saturated carbocycles. The third kappa shape index (κ3) is 5.67. The second-order valence-electron chi connectivity index (χ2n) is 5.64. The number of nitrogens with one attached hydrogen (secondary N) is 1. The van der Waals surface area contributed by atoms with Gasteiger partial charge in [-0.1, -0.05) is 13.8 Å². The normalized spacial score (nSPS) is 29.4. The van der Waals surface area contributed by atoms with Gasteiger partial charge in [-0.25, -0.2) is 13.1 Å². The molecule has 0 radical (unpaired) electrons. The molecule has 18 heavy (non-hydrogen) atoms. The lowest BCUT2D eigenvalue weighted by molar-refractivity contribution is 0.194. The van der Waals surface area contributed by atoms with Crippen molar-refractivity contribution in [3.63, 3.8) is 0 Å². The number of sulfonamides is 1. The molecule has 0 aromatic heterocycles. The van der Waals surface area contributed by atoms with Gasteiger partial charge in [0.15, 0.2) is 0 Å². The quantitative estimate of drug-likeness (QED) is 0.726. The smallest absolute Gasteiger partial charge is 0.211 e. The van der Waals surface area contributed by atoms with E-state index in [0.29, 0.717) is 18.9 Å². The molecule has 108 valence electrons. The minimum absolute atomic E-state index is 0.133. The average Bonchev–Trinajstić information content (AvgIpc) is 2.28. The van der Waals surface area contributed by atoms with E-state index in [1.54, 1.807) is 7.11 Å². The zero-order valence-corrected chi connectivity index (χ0v) is 12.6. The third-order valence-corrected chi connectivity index (χ3v) is 5.26. The Morgan fingerprint density at radius 2 is 1.94 bits per heavy atom. The number of hydrogen-bond donors (Lipinski definition) is 1. The highest BCUT2D eigenvalue weighted by Gasteiger charge is 2.28. The second-order valence-corrected chi connectivity index (χ2v) is 7.51. The van der Waals surface area contributed by atoms with Crippen molar-refractivity contribution in [1.29, 1.82) is 0 Å². The molecule has 0 aromatic carbocycles. The minimum Gasteiger partial charge on any atom is -0.385 e. The molecular formula is C13H27NO3S. The van der Waals surface area contributed by atoms with E-state index in [4.69, 9.17) is 4.74 Å². The van der Waals surface area contributed by atoms with Crippen molar-refractivity contribution in [3.05, 3.63) is 0 Å². The van der Waals surface area contributed by atoms with Gasteiger partial charge < -0.3 is 4.74 Å². The molecule has 0 saturated heterocycles. The molecule has 0 spiro atoms. The summed E-state index contributed by atoms with van der Waals surface area (Å²) in [5, 5.41) is 0. The summed E-state index contributed by atoms with van der Waals surface area (Å²) in [5.74, 6) is 1.39. The summed E-state index contributed by atoms with van der Waals surface area (Å²) in [7, 11) is -1.48. The highest BCUT2D eigenvalue weighted by atomic mass is 32.2. The van der Waals surface area contributed by atoms with E-state index < -0.39 is 10.0 Å². The molecule has 0 amide bonds. The van der Waals surface area contributed by atoms with E-state index in [2.05, 4.69) is 18.6 Å². The third-order valence-electron chi connectivity index (χ3n) is 3.77. The SMILES string of the molecule is COCCCCS(=O)(=O)N[C@@H]1CC[C@@H](C)C[C@H]1C. The summed E-state index contributed by atoms with van der Waals surface area (Å²) in [6.07, 6.45) is 4.69. The standard InChI is InChI=1S/C13H27NO3S/c1-11-6-7-13(12(2)10-11)14-18(15,16)9-5-4-8-17-3/h11-14H,4-10H2,1-3H3/t11-,12-,13-/m1/s1. The van der Waals surface area contributed by atoms with E-state index in [0.717, 1.165) is 31.6 Å². The van der Waals surface area contributed by atoms with Crippen LogP contribution in [0.3, 0.4) is 0 Å². The van der Waals surface area contributed by atoms with Crippen molar-refractivity contribution >= 4 is 10.0 Å². The van der Waals surface area contributed by atoms with Crippen LogP contribution >= 0.6 is 0 Å². The van der Waals surface area contributed by atoms with Gasteiger partial charge in [0, 0.05) is 19.8 Å². The Morgan fingerprint density at radius 1 is 1.22 bits per heavy atom.